The van der Waals surface area contributed by atoms with Gasteiger partial charge in [0.25, 0.3) is 0 Å². The van der Waals surface area contributed by atoms with Crippen LogP contribution in [0.5, 0.6) is 0 Å². The molecule has 0 spiro atoms. The van der Waals surface area contributed by atoms with E-state index in [-0.39, 0.29) is 11.7 Å². The number of allylic oxidation sites excluding steroid dienone is 1. The topological polar surface area (TPSA) is 46.1 Å². The molecular formula is C18H20FN3O. The Morgan fingerprint density at radius 3 is 2.30 bits per heavy atom. The predicted octanol–water partition coefficient (Wildman–Crippen LogP) is 3.68. The van der Waals surface area contributed by atoms with Crippen LogP contribution in [0.2, 0.25) is 0 Å². The van der Waals surface area contributed by atoms with Crippen molar-refractivity contribution in [3.05, 3.63) is 47.4 Å². The number of nitrogens with zero attached hydrogens (tertiary/aromatic N) is 3. The average molecular weight is 313 g/mol. The standard InChI is InChI=1S/C18H20FN3O/c1-12(2)16-15(6-5-11-23)17(21-18(20-16)22(3)4)13-7-9-14(19)10-8-13/h5-12H,1-4H3/b6-5+. The van der Waals surface area contributed by atoms with Gasteiger partial charge in [-0.1, -0.05) is 13.8 Å². The lowest BCUT2D eigenvalue weighted by molar-refractivity contribution is -0.104. The molecule has 0 fully saturated rings. The molecule has 0 N–H and O–H groups in total. The Balaban J connectivity index is 2.76. The van der Waals surface area contributed by atoms with Crippen LogP contribution in [0.4, 0.5) is 10.3 Å². The van der Waals surface area contributed by atoms with E-state index in [0.717, 1.165) is 23.1 Å². The minimum Gasteiger partial charge on any atom is -0.347 e. The van der Waals surface area contributed by atoms with Crippen LogP contribution in [-0.4, -0.2) is 30.3 Å². The summed E-state index contributed by atoms with van der Waals surface area (Å²) in [6.07, 6.45) is 3.85. The molecule has 1 aromatic heterocycles. The molecule has 2 rings (SSSR count). The Kier molecular flexibility index (Phi) is 5.21. The second kappa shape index (κ2) is 7.13. The van der Waals surface area contributed by atoms with Crippen molar-refractivity contribution in [1.82, 2.24) is 9.97 Å². The summed E-state index contributed by atoms with van der Waals surface area (Å²) in [6.45, 7) is 4.07. The number of anilines is 1. The zero-order chi connectivity index (χ0) is 17.0. The molecule has 2 aromatic rings. The van der Waals surface area contributed by atoms with Crippen molar-refractivity contribution in [3.8, 4) is 11.3 Å². The maximum atomic E-state index is 13.2. The molecule has 120 valence electrons. The summed E-state index contributed by atoms with van der Waals surface area (Å²) in [5.74, 6) is 0.434. The lowest BCUT2D eigenvalue weighted by atomic mass is 9.98. The highest BCUT2D eigenvalue weighted by Crippen LogP contribution is 2.30. The first kappa shape index (κ1) is 16.8. The SMILES string of the molecule is CC(C)c1nc(N(C)C)nc(-c2ccc(F)cc2)c1/C=C/C=O. The molecule has 0 aliphatic heterocycles. The molecule has 0 atom stereocenters. The number of halogens is 1. The summed E-state index contributed by atoms with van der Waals surface area (Å²) in [7, 11) is 3.74. The van der Waals surface area contributed by atoms with Gasteiger partial charge in [0, 0.05) is 25.2 Å². The molecule has 0 radical (unpaired) electrons. The first-order valence-corrected chi connectivity index (χ1v) is 7.41. The zero-order valence-corrected chi connectivity index (χ0v) is 13.7. The van der Waals surface area contributed by atoms with Crippen LogP contribution in [-0.2, 0) is 4.79 Å². The van der Waals surface area contributed by atoms with Gasteiger partial charge in [-0.3, -0.25) is 4.79 Å². The fraction of sp³-hybridized carbons (Fsp3) is 0.278. The molecule has 5 heteroatoms. The van der Waals surface area contributed by atoms with Gasteiger partial charge < -0.3 is 4.90 Å². The van der Waals surface area contributed by atoms with E-state index in [2.05, 4.69) is 9.97 Å². The molecule has 0 saturated carbocycles. The Morgan fingerprint density at radius 1 is 1.13 bits per heavy atom. The zero-order valence-electron chi connectivity index (χ0n) is 13.7. The van der Waals surface area contributed by atoms with Gasteiger partial charge in [0.05, 0.1) is 11.4 Å². The van der Waals surface area contributed by atoms with Crippen LogP contribution in [0, 0.1) is 5.82 Å². The third-order valence-electron chi connectivity index (χ3n) is 3.37. The number of carbonyl (C=O) groups excluding carboxylic acids is 1. The van der Waals surface area contributed by atoms with E-state index >= 15 is 0 Å². The predicted molar refractivity (Wildman–Crippen MR) is 90.9 cm³/mol. The van der Waals surface area contributed by atoms with E-state index in [0.29, 0.717) is 11.6 Å². The van der Waals surface area contributed by atoms with Gasteiger partial charge in [-0.2, -0.15) is 0 Å². The molecule has 4 nitrogen and oxygen atoms in total. The number of carbonyl (C=O) groups is 1. The van der Waals surface area contributed by atoms with Gasteiger partial charge in [-0.25, -0.2) is 14.4 Å². The Labute approximate surface area is 135 Å². The summed E-state index contributed by atoms with van der Waals surface area (Å²) < 4.78 is 13.2. The minimum atomic E-state index is -0.301. The van der Waals surface area contributed by atoms with E-state index in [9.17, 15) is 9.18 Å². The quantitative estimate of drug-likeness (QED) is 0.624. The fourth-order valence-corrected chi connectivity index (χ4v) is 2.24. The third-order valence-corrected chi connectivity index (χ3v) is 3.37. The van der Waals surface area contributed by atoms with Crippen molar-refractivity contribution in [1.29, 1.82) is 0 Å². The van der Waals surface area contributed by atoms with Gasteiger partial charge >= 0.3 is 0 Å². The molecule has 0 amide bonds. The van der Waals surface area contributed by atoms with Crippen molar-refractivity contribution in [3.63, 3.8) is 0 Å². The van der Waals surface area contributed by atoms with Crippen LogP contribution < -0.4 is 4.90 Å². The summed E-state index contributed by atoms with van der Waals surface area (Å²) in [5.41, 5.74) is 3.10. The molecule has 1 heterocycles. The van der Waals surface area contributed by atoms with Crippen LogP contribution >= 0.6 is 0 Å². The van der Waals surface area contributed by atoms with Crippen LogP contribution in [0.15, 0.2) is 30.3 Å². The lowest BCUT2D eigenvalue weighted by Gasteiger charge is -2.18. The highest BCUT2D eigenvalue weighted by atomic mass is 19.1. The number of aldehydes is 1. The minimum absolute atomic E-state index is 0.155. The van der Waals surface area contributed by atoms with Crippen LogP contribution in [0.3, 0.4) is 0 Å². The highest BCUT2D eigenvalue weighted by molar-refractivity contribution is 5.81. The Hall–Kier alpha value is -2.56. The van der Waals surface area contributed by atoms with E-state index in [4.69, 9.17) is 0 Å². The maximum absolute atomic E-state index is 13.2. The summed E-state index contributed by atoms with van der Waals surface area (Å²) in [6, 6.07) is 6.16. The first-order chi connectivity index (χ1) is 10.9. The number of hydrogen-bond acceptors (Lipinski definition) is 4. The van der Waals surface area contributed by atoms with Crippen molar-refractivity contribution >= 4 is 18.3 Å². The van der Waals surface area contributed by atoms with E-state index in [1.54, 1.807) is 18.2 Å². The fourth-order valence-electron chi connectivity index (χ4n) is 2.24. The number of aromatic nitrogens is 2. The summed E-state index contributed by atoms with van der Waals surface area (Å²) >= 11 is 0. The van der Waals surface area contributed by atoms with Crippen molar-refractivity contribution in [2.75, 3.05) is 19.0 Å². The Bertz CT molecular complexity index is 722. The van der Waals surface area contributed by atoms with Gasteiger partial charge in [-0.15, -0.1) is 0 Å². The Morgan fingerprint density at radius 2 is 1.78 bits per heavy atom. The number of hydrogen-bond donors (Lipinski definition) is 0. The molecule has 1 aromatic carbocycles. The van der Waals surface area contributed by atoms with Gasteiger partial charge in [0.2, 0.25) is 5.95 Å². The molecule has 0 bridgehead atoms. The largest absolute Gasteiger partial charge is 0.347 e. The van der Waals surface area contributed by atoms with E-state index < -0.39 is 0 Å². The molecule has 0 aliphatic rings. The second-order valence-electron chi connectivity index (χ2n) is 5.72. The third kappa shape index (κ3) is 3.80. The second-order valence-corrected chi connectivity index (χ2v) is 5.72. The molecule has 0 unspecified atom stereocenters. The van der Waals surface area contributed by atoms with Crippen molar-refractivity contribution in [2.24, 2.45) is 0 Å². The maximum Gasteiger partial charge on any atom is 0.225 e. The first-order valence-electron chi connectivity index (χ1n) is 7.41. The monoisotopic (exact) mass is 313 g/mol. The van der Waals surface area contributed by atoms with Gasteiger partial charge in [-0.05, 0) is 42.3 Å². The summed E-state index contributed by atoms with van der Waals surface area (Å²) in [5, 5.41) is 0. The van der Waals surface area contributed by atoms with E-state index in [1.165, 1.54) is 18.2 Å². The molecule has 0 saturated heterocycles. The molecular weight excluding hydrogens is 293 g/mol. The lowest BCUT2D eigenvalue weighted by Crippen LogP contribution is -2.16. The highest BCUT2D eigenvalue weighted by Gasteiger charge is 2.17. The molecule has 0 aliphatic carbocycles. The number of benzene rings is 1. The van der Waals surface area contributed by atoms with Crippen LogP contribution in [0.1, 0.15) is 31.0 Å². The summed E-state index contributed by atoms with van der Waals surface area (Å²) in [4.78, 5) is 21.8. The van der Waals surface area contributed by atoms with Gasteiger partial charge in [0.15, 0.2) is 0 Å². The van der Waals surface area contributed by atoms with Gasteiger partial charge in [0.1, 0.15) is 12.1 Å². The van der Waals surface area contributed by atoms with Crippen LogP contribution in [0.25, 0.3) is 17.3 Å². The normalized spacial score (nSPS) is 11.2. The van der Waals surface area contributed by atoms with Crippen molar-refractivity contribution in [2.45, 2.75) is 19.8 Å². The van der Waals surface area contributed by atoms with E-state index in [1.807, 2.05) is 32.8 Å². The smallest absolute Gasteiger partial charge is 0.225 e. The average Bonchev–Trinajstić information content (AvgIpc) is 2.52. The van der Waals surface area contributed by atoms with Crippen molar-refractivity contribution < 1.29 is 9.18 Å². The number of rotatable bonds is 5. The molecule has 23 heavy (non-hydrogen) atoms.